The summed E-state index contributed by atoms with van der Waals surface area (Å²) in [5.74, 6) is 1.29. The third kappa shape index (κ3) is 5.12. The number of pyridine rings is 1. The maximum Gasteiger partial charge on any atom is 0.236 e. The van der Waals surface area contributed by atoms with Crippen LogP contribution in [0.3, 0.4) is 0 Å². The number of anilines is 1. The number of hydrogen-bond donors (Lipinski definition) is 2. The summed E-state index contributed by atoms with van der Waals surface area (Å²) < 4.78 is 5.99. The molecule has 7 nitrogen and oxygen atoms in total. The van der Waals surface area contributed by atoms with Crippen LogP contribution in [0.15, 0.2) is 34.7 Å². The summed E-state index contributed by atoms with van der Waals surface area (Å²) in [5, 5.41) is 23.6. The van der Waals surface area contributed by atoms with Crippen molar-refractivity contribution in [3.05, 3.63) is 57.3 Å². The van der Waals surface area contributed by atoms with E-state index >= 15 is 0 Å². The second-order valence-electron chi connectivity index (χ2n) is 7.80. The van der Waals surface area contributed by atoms with Gasteiger partial charge in [0, 0.05) is 16.7 Å². The fourth-order valence-electron chi connectivity index (χ4n) is 3.88. The van der Waals surface area contributed by atoms with Gasteiger partial charge in [0.05, 0.1) is 28.9 Å². The molecule has 2 heterocycles. The average molecular weight is 478 g/mol. The number of aryl methyl sites for hydroxylation is 1. The summed E-state index contributed by atoms with van der Waals surface area (Å²) in [6.07, 6.45) is 2.95. The second kappa shape index (κ2) is 10.2. The molecule has 2 aromatic heterocycles. The van der Waals surface area contributed by atoms with E-state index in [0.29, 0.717) is 33.2 Å². The molecular weight excluding hydrogens is 454 g/mol. The molecule has 168 valence electrons. The summed E-state index contributed by atoms with van der Waals surface area (Å²) in [6.45, 7) is 9.56. The van der Waals surface area contributed by atoms with Crippen LogP contribution in [0.25, 0.3) is 16.0 Å². The van der Waals surface area contributed by atoms with Crippen molar-refractivity contribution in [2.75, 3.05) is 5.73 Å². The van der Waals surface area contributed by atoms with Crippen molar-refractivity contribution in [2.24, 2.45) is 0 Å². The first kappa shape index (κ1) is 23.1. The first-order valence-corrected chi connectivity index (χ1v) is 12.5. The summed E-state index contributed by atoms with van der Waals surface area (Å²) in [6, 6.07) is 9.45. The molecule has 0 bridgehead atoms. The van der Waals surface area contributed by atoms with Gasteiger partial charge in [-0.05, 0) is 43.9 Å². The Kier molecular flexibility index (Phi) is 7.14. The number of benzene rings is 1. The van der Waals surface area contributed by atoms with Crippen LogP contribution < -0.4 is 10.5 Å². The molecule has 1 fully saturated rings. The minimum Gasteiger partial charge on any atom is -0.488 e. The molecule has 0 unspecified atom stereocenters. The molecule has 0 radical (unpaired) electrons. The predicted octanol–water partition coefficient (Wildman–Crippen LogP) is 5.49. The normalized spacial score (nSPS) is 17.8. The van der Waals surface area contributed by atoms with Crippen molar-refractivity contribution in [2.45, 2.75) is 55.6 Å². The van der Waals surface area contributed by atoms with Crippen LogP contribution >= 0.6 is 23.1 Å². The first-order chi connectivity index (χ1) is 16.0. The lowest BCUT2D eigenvalue weighted by Crippen LogP contribution is -2.34. The summed E-state index contributed by atoms with van der Waals surface area (Å²) in [7, 11) is 0. The minimum atomic E-state index is -0.460. The number of aliphatic hydroxyl groups is 1. The molecule has 0 amide bonds. The third-order valence-electron chi connectivity index (χ3n) is 5.51. The molecule has 1 aliphatic carbocycles. The van der Waals surface area contributed by atoms with Crippen LogP contribution in [-0.4, -0.2) is 27.3 Å². The van der Waals surface area contributed by atoms with Gasteiger partial charge >= 0.3 is 0 Å². The number of hydrogen-bond acceptors (Lipinski definition) is 8. The highest BCUT2D eigenvalue weighted by Gasteiger charge is 2.25. The Morgan fingerprint density at radius 3 is 2.70 bits per heavy atom. The van der Waals surface area contributed by atoms with Gasteiger partial charge in [-0.2, -0.15) is 5.26 Å². The molecule has 0 spiro atoms. The van der Waals surface area contributed by atoms with E-state index in [1.807, 2.05) is 24.4 Å². The monoisotopic (exact) mass is 477 g/mol. The number of nitrogens with two attached hydrogens (primary N) is 1. The van der Waals surface area contributed by atoms with E-state index in [1.54, 1.807) is 23.5 Å². The molecule has 4 rings (SSSR count). The number of nitriles is 1. The standard InChI is InChI=1S/C24H23N5O2S2/c1-14-28-16(12-32-14)13-33-24-18(11-25)21(22(27-2)23(26)29-24)15-7-9-17(10-8-15)31-20-6-4-3-5-19(20)30/h7-10,12,19-20,30H,3-6,13H2,1H3,(H2,26,29)/t19-,20-/m0/s1. The Bertz CT molecular complexity index is 1230. The Hall–Kier alpha value is -3.11. The quantitative estimate of drug-likeness (QED) is 0.357. The zero-order chi connectivity index (χ0) is 23.4. The van der Waals surface area contributed by atoms with Gasteiger partial charge in [-0.3, -0.25) is 0 Å². The molecule has 1 aromatic carbocycles. The maximum atomic E-state index is 10.2. The SMILES string of the molecule is [C-]#[N+]c1c(N)nc(SCc2csc(C)n2)c(C#N)c1-c1ccc(O[C@H]2CCCC[C@@H]2O)cc1. The molecule has 1 aliphatic rings. The Labute approximate surface area is 201 Å². The molecule has 3 N–H and O–H groups in total. The Balaban J connectivity index is 1.64. The number of nitrogens with zero attached hydrogens (tertiary/aromatic N) is 4. The van der Waals surface area contributed by atoms with Gasteiger partial charge in [-0.25, -0.2) is 14.8 Å². The van der Waals surface area contributed by atoms with Crippen LogP contribution in [0.5, 0.6) is 5.75 Å². The Morgan fingerprint density at radius 1 is 1.30 bits per heavy atom. The van der Waals surface area contributed by atoms with E-state index in [2.05, 4.69) is 20.9 Å². The maximum absolute atomic E-state index is 10.2. The van der Waals surface area contributed by atoms with Crippen LogP contribution in [0.2, 0.25) is 0 Å². The van der Waals surface area contributed by atoms with Crippen molar-refractivity contribution >= 4 is 34.6 Å². The van der Waals surface area contributed by atoms with Crippen molar-refractivity contribution in [3.8, 4) is 22.9 Å². The zero-order valence-corrected chi connectivity index (χ0v) is 19.7. The number of aliphatic hydroxyl groups excluding tert-OH is 1. The highest BCUT2D eigenvalue weighted by atomic mass is 32.2. The Morgan fingerprint density at radius 2 is 2.06 bits per heavy atom. The number of aromatic nitrogens is 2. The first-order valence-electron chi connectivity index (χ1n) is 10.6. The lowest BCUT2D eigenvalue weighted by Gasteiger charge is -2.28. The van der Waals surface area contributed by atoms with E-state index in [4.69, 9.17) is 17.0 Å². The number of ether oxygens (including phenoxy) is 1. The fourth-order valence-corrected chi connectivity index (χ4v) is 5.49. The van der Waals surface area contributed by atoms with Gasteiger partial charge in [-0.1, -0.05) is 30.3 Å². The van der Waals surface area contributed by atoms with Crippen molar-refractivity contribution < 1.29 is 9.84 Å². The topological polar surface area (TPSA) is 109 Å². The summed E-state index contributed by atoms with van der Waals surface area (Å²) >= 11 is 2.95. The van der Waals surface area contributed by atoms with Crippen LogP contribution in [0, 0.1) is 24.8 Å². The van der Waals surface area contributed by atoms with Crippen molar-refractivity contribution in [1.82, 2.24) is 9.97 Å². The molecule has 33 heavy (non-hydrogen) atoms. The van der Waals surface area contributed by atoms with Crippen molar-refractivity contribution in [1.29, 1.82) is 5.26 Å². The lowest BCUT2D eigenvalue weighted by atomic mass is 9.95. The van der Waals surface area contributed by atoms with Crippen LogP contribution in [0.4, 0.5) is 11.5 Å². The van der Waals surface area contributed by atoms with E-state index in [9.17, 15) is 10.4 Å². The van der Waals surface area contributed by atoms with E-state index < -0.39 is 6.10 Å². The largest absolute Gasteiger partial charge is 0.488 e. The lowest BCUT2D eigenvalue weighted by molar-refractivity contribution is 0.00688. The fraction of sp³-hybridized carbons (Fsp3) is 0.333. The van der Waals surface area contributed by atoms with E-state index in [-0.39, 0.29) is 17.6 Å². The van der Waals surface area contributed by atoms with Gasteiger partial charge in [0.1, 0.15) is 28.8 Å². The molecular formula is C24H23N5O2S2. The number of thiazole rings is 1. The highest BCUT2D eigenvalue weighted by molar-refractivity contribution is 7.98. The van der Waals surface area contributed by atoms with Gasteiger partial charge in [-0.15, -0.1) is 11.3 Å². The molecule has 3 aromatic rings. The molecule has 0 aliphatic heterocycles. The highest BCUT2D eigenvalue weighted by Crippen LogP contribution is 2.42. The van der Waals surface area contributed by atoms with Gasteiger partial charge in [0.25, 0.3) is 0 Å². The van der Waals surface area contributed by atoms with Gasteiger partial charge < -0.3 is 15.6 Å². The number of nitrogen functional groups attached to an aromatic ring is 1. The van der Waals surface area contributed by atoms with Gasteiger partial charge in [0.2, 0.25) is 5.69 Å². The predicted molar refractivity (Wildman–Crippen MR) is 130 cm³/mol. The molecule has 1 saturated carbocycles. The van der Waals surface area contributed by atoms with E-state index in [0.717, 1.165) is 36.4 Å². The van der Waals surface area contributed by atoms with Crippen LogP contribution in [-0.2, 0) is 5.75 Å². The second-order valence-corrected chi connectivity index (χ2v) is 9.83. The van der Waals surface area contributed by atoms with E-state index in [1.165, 1.54) is 11.8 Å². The van der Waals surface area contributed by atoms with Crippen LogP contribution in [0.1, 0.15) is 41.9 Å². The number of thioether (sulfide) groups is 1. The molecule has 9 heteroatoms. The average Bonchev–Trinajstić information content (AvgIpc) is 3.24. The zero-order valence-electron chi connectivity index (χ0n) is 18.1. The van der Waals surface area contributed by atoms with Crippen molar-refractivity contribution in [3.63, 3.8) is 0 Å². The minimum absolute atomic E-state index is 0.0987. The summed E-state index contributed by atoms with van der Waals surface area (Å²) in [4.78, 5) is 12.4. The smallest absolute Gasteiger partial charge is 0.236 e. The summed E-state index contributed by atoms with van der Waals surface area (Å²) in [5.41, 5.74) is 8.68. The van der Waals surface area contributed by atoms with Gasteiger partial charge in [0.15, 0.2) is 0 Å². The molecule has 0 saturated heterocycles. The third-order valence-corrected chi connectivity index (χ3v) is 7.34. The number of rotatable bonds is 6. The molecule has 2 atom stereocenters.